The Morgan fingerprint density at radius 3 is 2.68 bits per heavy atom. The van der Waals surface area contributed by atoms with Gasteiger partial charge in [0.25, 0.3) is 5.91 Å². The van der Waals surface area contributed by atoms with Crippen molar-refractivity contribution in [3.8, 4) is 11.5 Å². The van der Waals surface area contributed by atoms with Crippen LogP contribution in [0.5, 0.6) is 11.5 Å². The number of amides is 1. The number of aliphatic carboxylic acids is 1. The number of thiocarbonyl (C=S) groups is 1. The molecular weight excluding hydrogens is 434 g/mol. The van der Waals surface area contributed by atoms with Crippen LogP contribution in [0, 0.1) is 0 Å². The summed E-state index contributed by atoms with van der Waals surface area (Å²) in [5.74, 6) is 0.0448. The fourth-order valence-electron chi connectivity index (χ4n) is 3.23. The highest BCUT2D eigenvalue weighted by atomic mass is 32.2. The smallest absolute Gasteiger partial charge is 0.305 e. The van der Waals surface area contributed by atoms with Crippen molar-refractivity contribution in [1.29, 1.82) is 0 Å². The monoisotopic (exact) mass is 465 g/mol. The zero-order chi connectivity index (χ0) is 22.8. The number of carbonyl (C=O) groups is 2. The summed E-state index contributed by atoms with van der Waals surface area (Å²) in [5.41, 5.74) is 0.787. The van der Waals surface area contributed by atoms with Crippen LogP contribution in [0.1, 0.15) is 64.4 Å². The van der Waals surface area contributed by atoms with E-state index in [0.717, 1.165) is 18.4 Å². The van der Waals surface area contributed by atoms with E-state index in [0.29, 0.717) is 20.7 Å². The summed E-state index contributed by atoms with van der Waals surface area (Å²) in [4.78, 5) is 25.2. The maximum atomic E-state index is 12.6. The van der Waals surface area contributed by atoms with Crippen molar-refractivity contribution >= 4 is 46.3 Å². The van der Waals surface area contributed by atoms with Crippen LogP contribution in [-0.2, 0) is 9.59 Å². The molecule has 1 N–H and O–H groups in total. The SMILES string of the molecule is CCCCCCC[C@@H](C)Oc1ccc(/C=C2/SC(=S)N(CCC(=O)O)C2=O)cc1OC. The first-order valence-electron chi connectivity index (χ1n) is 10.7. The summed E-state index contributed by atoms with van der Waals surface area (Å²) in [6, 6.07) is 5.55. The zero-order valence-electron chi connectivity index (χ0n) is 18.4. The third kappa shape index (κ3) is 7.85. The van der Waals surface area contributed by atoms with Crippen LogP contribution in [0.4, 0.5) is 0 Å². The highest BCUT2D eigenvalue weighted by Gasteiger charge is 2.32. The summed E-state index contributed by atoms with van der Waals surface area (Å²) < 4.78 is 11.9. The molecule has 0 spiro atoms. The van der Waals surface area contributed by atoms with Crippen molar-refractivity contribution in [2.45, 2.75) is 64.9 Å². The van der Waals surface area contributed by atoms with E-state index >= 15 is 0 Å². The average Bonchev–Trinajstić information content (AvgIpc) is 2.99. The minimum atomic E-state index is -0.964. The number of rotatable bonds is 13. The highest BCUT2D eigenvalue weighted by molar-refractivity contribution is 8.26. The molecule has 31 heavy (non-hydrogen) atoms. The number of ether oxygens (including phenoxy) is 2. The van der Waals surface area contributed by atoms with Gasteiger partial charge in [-0.1, -0.05) is 62.7 Å². The maximum absolute atomic E-state index is 12.6. The number of thioether (sulfide) groups is 1. The first-order chi connectivity index (χ1) is 14.8. The molecule has 1 amide bonds. The zero-order valence-corrected chi connectivity index (χ0v) is 20.0. The molecule has 0 aliphatic carbocycles. The molecule has 0 radical (unpaired) electrons. The number of nitrogens with zero attached hydrogens (tertiary/aromatic N) is 1. The Hall–Kier alpha value is -2.06. The Bertz CT molecular complexity index is 824. The molecule has 1 aromatic rings. The molecule has 1 aromatic carbocycles. The lowest BCUT2D eigenvalue weighted by atomic mass is 10.1. The van der Waals surface area contributed by atoms with Gasteiger partial charge in [-0.25, -0.2) is 0 Å². The molecule has 8 heteroatoms. The van der Waals surface area contributed by atoms with Gasteiger partial charge in [0.2, 0.25) is 0 Å². The minimum Gasteiger partial charge on any atom is -0.493 e. The normalized spacial score (nSPS) is 16.1. The lowest BCUT2D eigenvalue weighted by Gasteiger charge is -2.17. The second-order valence-corrected chi connectivity index (χ2v) is 9.19. The van der Waals surface area contributed by atoms with E-state index in [-0.39, 0.29) is 25.0 Å². The Labute approximate surface area is 194 Å². The van der Waals surface area contributed by atoms with Gasteiger partial charge >= 0.3 is 5.97 Å². The van der Waals surface area contributed by atoms with E-state index < -0.39 is 5.97 Å². The molecule has 170 valence electrons. The summed E-state index contributed by atoms with van der Waals surface area (Å²) >= 11 is 6.40. The van der Waals surface area contributed by atoms with Crippen LogP contribution < -0.4 is 9.47 Å². The van der Waals surface area contributed by atoms with Crippen LogP contribution in [0.25, 0.3) is 6.08 Å². The third-order valence-corrected chi connectivity index (χ3v) is 6.33. The predicted octanol–water partition coefficient (Wildman–Crippen LogP) is 5.50. The maximum Gasteiger partial charge on any atom is 0.305 e. The van der Waals surface area contributed by atoms with Gasteiger partial charge < -0.3 is 14.6 Å². The van der Waals surface area contributed by atoms with E-state index in [1.54, 1.807) is 13.2 Å². The number of benzene rings is 1. The summed E-state index contributed by atoms with van der Waals surface area (Å²) in [7, 11) is 1.59. The van der Waals surface area contributed by atoms with E-state index in [1.807, 2.05) is 18.2 Å². The molecule has 0 bridgehead atoms. The summed E-state index contributed by atoms with van der Waals surface area (Å²) in [6.07, 6.45) is 8.84. The molecule has 1 aliphatic rings. The highest BCUT2D eigenvalue weighted by Crippen LogP contribution is 2.35. The van der Waals surface area contributed by atoms with Gasteiger partial charge in [-0.15, -0.1) is 0 Å². The topological polar surface area (TPSA) is 76.1 Å². The van der Waals surface area contributed by atoms with Gasteiger partial charge in [0.05, 0.1) is 24.5 Å². The molecule has 0 aromatic heterocycles. The lowest BCUT2D eigenvalue weighted by Crippen LogP contribution is -2.30. The lowest BCUT2D eigenvalue weighted by molar-refractivity contribution is -0.137. The second-order valence-electron chi connectivity index (χ2n) is 7.52. The molecule has 1 fully saturated rings. The second kappa shape index (κ2) is 12.7. The molecule has 1 saturated heterocycles. The van der Waals surface area contributed by atoms with Crippen molar-refractivity contribution in [3.63, 3.8) is 0 Å². The van der Waals surface area contributed by atoms with Gasteiger partial charge in [0, 0.05) is 6.54 Å². The molecule has 1 atom stereocenters. The van der Waals surface area contributed by atoms with E-state index in [1.165, 1.54) is 42.3 Å². The third-order valence-electron chi connectivity index (χ3n) is 4.95. The van der Waals surface area contributed by atoms with Crippen LogP contribution in [-0.4, -0.2) is 46.0 Å². The molecule has 1 aliphatic heterocycles. The van der Waals surface area contributed by atoms with Crippen LogP contribution in [0.2, 0.25) is 0 Å². The Kier molecular flexibility index (Phi) is 10.3. The van der Waals surface area contributed by atoms with Crippen molar-refractivity contribution in [3.05, 3.63) is 28.7 Å². The number of hydrogen-bond acceptors (Lipinski definition) is 6. The largest absolute Gasteiger partial charge is 0.493 e. The van der Waals surface area contributed by atoms with Crippen LogP contribution >= 0.6 is 24.0 Å². The van der Waals surface area contributed by atoms with Crippen LogP contribution in [0.3, 0.4) is 0 Å². The van der Waals surface area contributed by atoms with E-state index in [9.17, 15) is 9.59 Å². The standard InChI is InChI=1S/C23H31NO5S2/c1-4-5-6-7-8-9-16(2)29-18-11-10-17(14-19(18)28-3)15-20-22(27)24(23(30)31-20)13-12-21(25)26/h10-11,14-16H,4-9,12-13H2,1-3H3,(H,25,26)/b20-15+/t16-/m1/s1. The fraction of sp³-hybridized carbons (Fsp3) is 0.522. The molecule has 0 unspecified atom stereocenters. The minimum absolute atomic E-state index is 0.0732. The van der Waals surface area contributed by atoms with Crippen LogP contribution in [0.15, 0.2) is 23.1 Å². The average molecular weight is 466 g/mol. The summed E-state index contributed by atoms with van der Waals surface area (Å²) in [5, 5.41) is 8.85. The summed E-state index contributed by atoms with van der Waals surface area (Å²) in [6.45, 7) is 4.35. The number of methoxy groups -OCH3 is 1. The Morgan fingerprint density at radius 1 is 1.26 bits per heavy atom. The van der Waals surface area contributed by atoms with E-state index in [2.05, 4.69) is 13.8 Å². The van der Waals surface area contributed by atoms with Gasteiger partial charge in [-0.2, -0.15) is 0 Å². The van der Waals surface area contributed by atoms with Gasteiger partial charge in [-0.3, -0.25) is 14.5 Å². The fourth-order valence-corrected chi connectivity index (χ4v) is 4.54. The van der Waals surface area contributed by atoms with E-state index in [4.69, 9.17) is 26.8 Å². The Balaban J connectivity index is 2.01. The van der Waals surface area contributed by atoms with Crippen molar-refractivity contribution in [2.75, 3.05) is 13.7 Å². The number of carbonyl (C=O) groups excluding carboxylic acids is 1. The number of unbranched alkanes of at least 4 members (excludes halogenated alkanes) is 4. The first kappa shape index (κ1) is 25.2. The number of hydrogen-bond donors (Lipinski definition) is 1. The number of carboxylic acids is 1. The molecule has 0 saturated carbocycles. The van der Waals surface area contributed by atoms with Gasteiger partial charge in [0.1, 0.15) is 4.32 Å². The first-order valence-corrected chi connectivity index (χ1v) is 11.9. The predicted molar refractivity (Wildman–Crippen MR) is 129 cm³/mol. The molecule has 1 heterocycles. The Morgan fingerprint density at radius 2 is 2.00 bits per heavy atom. The van der Waals surface area contributed by atoms with Gasteiger partial charge in [-0.05, 0) is 43.5 Å². The van der Waals surface area contributed by atoms with Crippen molar-refractivity contribution in [1.82, 2.24) is 4.90 Å². The van der Waals surface area contributed by atoms with Crippen molar-refractivity contribution < 1.29 is 24.2 Å². The quantitative estimate of drug-likeness (QED) is 0.234. The molecule has 6 nitrogen and oxygen atoms in total. The van der Waals surface area contributed by atoms with Crippen molar-refractivity contribution in [2.24, 2.45) is 0 Å². The number of carboxylic acid groups (broad SMARTS) is 1. The molecular formula is C23H31NO5S2. The van der Waals surface area contributed by atoms with Gasteiger partial charge in [0.15, 0.2) is 11.5 Å². The molecule has 2 rings (SSSR count).